The molecule has 0 aliphatic heterocycles. The summed E-state index contributed by atoms with van der Waals surface area (Å²) in [6.45, 7) is 11.4. The molecule has 0 spiro atoms. The van der Waals surface area contributed by atoms with Crippen molar-refractivity contribution in [3.05, 3.63) is 223 Å². The molecule has 0 amide bonds. The molecule has 0 saturated heterocycles. The third-order valence-electron chi connectivity index (χ3n) is 13.3. The molecule has 5 heteroatoms. The molecule has 3 heterocycles. The lowest BCUT2D eigenvalue weighted by Crippen LogP contribution is -2.19. The highest BCUT2D eigenvalue weighted by Crippen LogP contribution is 2.44. The van der Waals surface area contributed by atoms with Crippen molar-refractivity contribution in [2.45, 2.75) is 45.4 Å². The summed E-state index contributed by atoms with van der Waals surface area (Å²) in [5.74, 6) is 0.838. The van der Waals surface area contributed by atoms with Crippen LogP contribution < -0.4 is 0 Å². The smallest absolute Gasteiger partial charge is 0.149 e. The van der Waals surface area contributed by atoms with Crippen molar-refractivity contribution in [3.63, 3.8) is 0 Å². The molecule has 1 N–H and O–H groups in total. The van der Waals surface area contributed by atoms with Gasteiger partial charge in [-0.3, -0.25) is 9.55 Å². The molecular weight excluding hydrogens is 805 g/mol. The zero-order valence-electron chi connectivity index (χ0n) is 37.9. The number of fused-ring (bicyclic) bond motifs is 4. The Bertz CT molecular complexity index is 3600. The molecule has 8 aromatic carbocycles. The van der Waals surface area contributed by atoms with E-state index in [1.807, 2.05) is 24.4 Å². The number of rotatable bonds is 8. The molecule has 66 heavy (non-hydrogen) atoms. The van der Waals surface area contributed by atoms with Gasteiger partial charge in [-0.25, -0.2) is 4.98 Å². The summed E-state index contributed by atoms with van der Waals surface area (Å²) in [5.41, 5.74) is 16.1. The summed E-state index contributed by atoms with van der Waals surface area (Å²) in [6, 6.07) is 70.4. The molecule has 0 saturated carbocycles. The molecular formula is C61H50N4O. The number of hydrogen-bond donors (Lipinski definition) is 1. The van der Waals surface area contributed by atoms with E-state index in [0.29, 0.717) is 11.4 Å². The molecule has 0 aliphatic carbocycles. The van der Waals surface area contributed by atoms with Gasteiger partial charge in [0.2, 0.25) is 0 Å². The van der Waals surface area contributed by atoms with Gasteiger partial charge in [0.1, 0.15) is 11.6 Å². The third kappa shape index (κ3) is 6.96. The topological polar surface area (TPSA) is 55.9 Å². The van der Waals surface area contributed by atoms with Gasteiger partial charge in [0.15, 0.2) is 0 Å². The minimum atomic E-state index is -0.358. The van der Waals surface area contributed by atoms with Crippen molar-refractivity contribution in [1.29, 1.82) is 0 Å². The van der Waals surface area contributed by atoms with Crippen LogP contribution in [0.15, 0.2) is 206 Å². The lowest BCUT2D eigenvalue weighted by Gasteiger charge is -2.27. The Kier molecular flexibility index (Phi) is 9.81. The van der Waals surface area contributed by atoms with Crippen LogP contribution in [0.4, 0.5) is 0 Å². The summed E-state index contributed by atoms with van der Waals surface area (Å²) in [4.78, 5) is 10.8. The van der Waals surface area contributed by atoms with Crippen molar-refractivity contribution < 1.29 is 5.11 Å². The quantitative estimate of drug-likeness (QED) is 0.166. The van der Waals surface area contributed by atoms with Gasteiger partial charge in [-0.05, 0) is 100.0 Å². The van der Waals surface area contributed by atoms with E-state index >= 15 is 0 Å². The van der Waals surface area contributed by atoms with E-state index < -0.39 is 0 Å². The molecule has 5 nitrogen and oxygen atoms in total. The Morgan fingerprint density at radius 1 is 0.439 bits per heavy atom. The number of pyridine rings is 1. The number of para-hydroxylation sites is 4. The second-order valence-electron chi connectivity index (χ2n) is 18.9. The Labute approximate surface area is 386 Å². The lowest BCUT2D eigenvalue weighted by atomic mass is 9.76. The van der Waals surface area contributed by atoms with Crippen LogP contribution in [0.2, 0.25) is 0 Å². The predicted octanol–water partition coefficient (Wildman–Crippen LogP) is 15.5. The van der Waals surface area contributed by atoms with E-state index in [2.05, 4.69) is 220 Å². The molecule has 0 radical (unpaired) electrons. The van der Waals surface area contributed by atoms with E-state index in [-0.39, 0.29) is 16.6 Å². The maximum atomic E-state index is 11.5. The molecule has 0 atom stereocenters. The van der Waals surface area contributed by atoms with Crippen LogP contribution in [0, 0.1) is 0 Å². The minimum Gasteiger partial charge on any atom is -0.507 e. The normalized spacial score (nSPS) is 12.1. The molecule has 0 aliphatic rings. The number of nitrogens with zero attached hydrogens (tertiary/aromatic N) is 4. The number of hydrogen-bond acceptors (Lipinski definition) is 3. The lowest BCUT2D eigenvalue weighted by molar-refractivity contribution is 0.477. The number of imidazole rings is 1. The predicted molar refractivity (Wildman–Crippen MR) is 274 cm³/mol. The summed E-state index contributed by atoms with van der Waals surface area (Å²) >= 11 is 0. The van der Waals surface area contributed by atoms with Crippen molar-refractivity contribution in [1.82, 2.24) is 19.1 Å². The van der Waals surface area contributed by atoms with E-state index in [1.165, 1.54) is 16.5 Å². The van der Waals surface area contributed by atoms with E-state index in [9.17, 15) is 5.11 Å². The van der Waals surface area contributed by atoms with Crippen molar-refractivity contribution in [3.8, 4) is 62.0 Å². The summed E-state index contributed by atoms with van der Waals surface area (Å²) in [5, 5.41) is 13.8. The second kappa shape index (κ2) is 15.9. The van der Waals surface area contributed by atoms with Gasteiger partial charge < -0.3 is 9.67 Å². The second-order valence-corrected chi connectivity index (χ2v) is 18.9. The molecule has 0 bridgehead atoms. The largest absolute Gasteiger partial charge is 0.507 e. The summed E-state index contributed by atoms with van der Waals surface area (Å²) < 4.78 is 4.58. The first kappa shape index (κ1) is 40.7. The number of aromatic hydroxyl groups is 1. The SMILES string of the molecule is CC(C)(C)c1ccc(-n2c(-c3ccccc3O)nc3c(-c4cc(-c5cc6c(cn5)c5ccccc5n6-c5ccccc5)cc(C(C)(C)c5ccccc5)c4)cccc32)c(-c2ccccc2)c1. The third-order valence-corrected chi connectivity index (χ3v) is 13.3. The number of benzene rings is 8. The van der Waals surface area contributed by atoms with Crippen LogP contribution in [0.1, 0.15) is 51.3 Å². The minimum absolute atomic E-state index is 0.0689. The number of phenolic OH excluding ortho intramolecular Hbond substituents is 1. The van der Waals surface area contributed by atoms with Crippen LogP contribution in [-0.4, -0.2) is 24.2 Å². The Morgan fingerprint density at radius 3 is 1.85 bits per heavy atom. The van der Waals surface area contributed by atoms with Gasteiger partial charge in [0.25, 0.3) is 0 Å². The first-order valence-corrected chi connectivity index (χ1v) is 22.7. The number of aromatic nitrogens is 4. The average molecular weight is 855 g/mol. The van der Waals surface area contributed by atoms with Gasteiger partial charge in [0.05, 0.1) is 39.0 Å². The average Bonchev–Trinajstić information content (AvgIpc) is 3.90. The Hall–Kier alpha value is -8.02. The molecule has 0 unspecified atom stereocenters. The standard InChI is InChI=1S/C61H50N4O/c1-60(2,3)44-32-33-54(50(37-44)40-20-9-6-10-21-40)65-55-30-19-28-47(58(55)63-59(65)49-27-16-18-31-57(49)66)41-34-42(36-45(35-41)61(4,5)43-22-11-7-12-23-43)52-38-56-51(39-62-52)48-26-15-17-29-53(48)64(56)46-24-13-8-14-25-46/h6-39,66H,1-5H3. The fourth-order valence-electron chi connectivity index (χ4n) is 9.66. The van der Waals surface area contributed by atoms with Gasteiger partial charge in [-0.15, -0.1) is 0 Å². The monoisotopic (exact) mass is 854 g/mol. The summed E-state index contributed by atoms with van der Waals surface area (Å²) in [6.07, 6.45) is 2.04. The van der Waals surface area contributed by atoms with Crippen molar-refractivity contribution in [2.24, 2.45) is 0 Å². The zero-order chi connectivity index (χ0) is 45.2. The van der Waals surface area contributed by atoms with E-state index in [4.69, 9.17) is 9.97 Å². The highest BCUT2D eigenvalue weighted by Gasteiger charge is 2.27. The van der Waals surface area contributed by atoms with E-state index in [0.717, 1.165) is 77.9 Å². The van der Waals surface area contributed by atoms with Crippen LogP contribution in [-0.2, 0) is 10.8 Å². The molecule has 320 valence electrons. The first-order chi connectivity index (χ1) is 32.0. The zero-order valence-corrected chi connectivity index (χ0v) is 37.9. The Morgan fingerprint density at radius 2 is 1.09 bits per heavy atom. The van der Waals surface area contributed by atoms with Crippen LogP contribution >= 0.6 is 0 Å². The maximum absolute atomic E-state index is 11.5. The Balaban J connectivity index is 1.18. The highest BCUT2D eigenvalue weighted by molar-refractivity contribution is 6.09. The molecule has 3 aromatic heterocycles. The highest BCUT2D eigenvalue weighted by atomic mass is 16.3. The van der Waals surface area contributed by atoms with Gasteiger partial charge in [-0.1, -0.05) is 168 Å². The molecule has 11 rings (SSSR count). The number of phenols is 1. The van der Waals surface area contributed by atoms with Gasteiger partial charge in [0, 0.05) is 44.8 Å². The summed E-state index contributed by atoms with van der Waals surface area (Å²) in [7, 11) is 0. The molecule has 0 fully saturated rings. The van der Waals surface area contributed by atoms with Crippen molar-refractivity contribution in [2.75, 3.05) is 0 Å². The van der Waals surface area contributed by atoms with E-state index in [1.54, 1.807) is 6.07 Å². The van der Waals surface area contributed by atoms with Crippen LogP contribution in [0.3, 0.4) is 0 Å². The van der Waals surface area contributed by atoms with Crippen LogP contribution in [0.5, 0.6) is 5.75 Å². The van der Waals surface area contributed by atoms with Gasteiger partial charge >= 0.3 is 0 Å². The van der Waals surface area contributed by atoms with Crippen LogP contribution in [0.25, 0.3) is 89.1 Å². The van der Waals surface area contributed by atoms with Crippen molar-refractivity contribution >= 4 is 32.8 Å². The maximum Gasteiger partial charge on any atom is 0.149 e. The first-order valence-electron chi connectivity index (χ1n) is 22.7. The fraction of sp³-hybridized carbons (Fsp3) is 0.115. The fourth-order valence-corrected chi connectivity index (χ4v) is 9.66. The van der Waals surface area contributed by atoms with Gasteiger partial charge in [-0.2, -0.15) is 0 Å². The molecule has 11 aromatic rings.